The molecule has 1 unspecified atom stereocenters. The summed E-state index contributed by atoms with van der Waals surface area (Å²) in [6, 6.07) is 20.2. The average Bonchev–Trinajstić information content (AvgIpc) is 2.81. The van der Waals surface area contributed by atoms with Crippen LogP contribution in [0.2, 0.25) is 0 Å². The first-order valence-corrected chi connectivity index (χ1v) is 12.7. The molecule has 0 saturated heterocycles. The molecular weight excluding hydrogens is 475 g/mol. The molecule has 4 nitrogen and oxygen atoms in total. The van der Waals surface area contributed by atoms with Gasteiger partial charge in [-0.05, 0) is 72.0 Å². The van der Waals surface area contributed by atoms with Gasteiger partial charge >= 0.3 is 6.18 Å². The summed E-state index contributed by atoms with van der Waals surface area (Å²) < 4.78 is 63.0. The summed E-state index contributed by atoms with van der Waals surface area (Å²) in [5.74, 6) is 0. The molecular formula is C27H24F3NO3S. The van der Waals surface area contributed by atoms with Crippen LogP contribution in [0.25, 0.3) is 33.2 Å². The fraction of sp³-hybridized carbons (Fsp3) is 0.222. The number of aromatic nitrogens is 1. The van der Waals surface area contributed by atoms with E-state index in [9.17, 15) is 26.7 Å². The highest BCUT2D eigenvalue weighted by Gasteiger charge is 2.39. The SMILES string of the molecule is CC(C)(c1cc(-c2cccc(-c3cccc(C(O)C(F)(F)F)c3)c2)c2ncccc2c1)S(C)(=O)=O. The summed E-state index contributed by atoms with van der Waals surface area (Å²) in [4.78, 5) is 4.50. The van der Waals surface area contributed by atoms with Gasteiger partial charge < -0.3 is 5.11 Å². The van der Waals surface area contributed by atoms with Gasteiger partial charge in [-0.25, -0.2) is 8.42 Å². The van der Waals surface area contributed by atoms with Crippen LogP contribution >= 0.6 is 0 Å². The summed E-state index contributed by atoms with van der Waals surface area (Å²) in [7, 11) is -3.44. The zero-order chi connectivity index (χ0) is 25.6. The lowest BCUT2D eigenvalue weighted by Crippen LogP contribution is -2.28. The van der Waals surface area contributed by atoms with Crippen molar-refractivity contribution in [2.24, 2.45) is 0 Å². The topological polar surface area (TPSA) is 67.3 Å². The van der Waals surface area contributed by atoms with E-state index >= 15 is 0 Å². The highest BCUT2D eigenvalue weighted by molar-refractivity contribution is 7.91. The first kappa shape index (κ1) is 24.9. The predicted molar refractivity (Wildman–Crippen MR) is 131 cm³/mol. The molecule has 4 rings (SSSR count). The average molecular weight is 500 g/mol. The Balaban J connectivity index is 1.88. The highest BCUT2D eigenvalue weighted by Crippen LogP contribution is 2.38. The Hall–Kier alpha value is -3.23. The molecule has 0 bridgehead atoms. The van der Waals surface area contributed by atoms with Gasteiger partial charge in [0.1, 0.15) is 0 Å². The molecule has 3 aromatic carbocycles. The summed E-state index contributed by atoms with van der Waals surface area (Å²) in [6.07, 6.45) is -4.49. The molecule has 0 aliphatic rings. The second kappa shape index (κ2) is 8.77. The van der Waals surface area contributed by atoms with Crippen LogP contribution in [0.4, 0.5) is 13.2 Å². The Labute approximate surface area is 202 Å². The highest BCUT2D eigenvalue weighted by atomic mass is 32.2. The van der Waals surface area contributed by atoms with Gasteiger partial charge in [-0.15, -0.1) is 0 Å². The third-order valence-corrected chi connectivity index (χ3v) is 8.44. The van der Waals surface area contributed by atoms with E-state index in [2.05, 4.69) is 4.98 Å². The van der Waals surface area contributed by atoms with Gasteiger partial charge in [0.15, 0.2) is 15.9 Å². The normalized spacial score (nSPS) is 13.7. The lowest BCUT2D eigenvalue weighted by atomic mass is 9.92. The molecule has 0 fully saturated rings. The number of halogens is 3. The van der Waals surface area contributed by atoms with E-state index in [0.717, 1.165) is 10.9 Å². The van der Waals surface area contributed by atoms with Crippen molar-refractivity contribution < 1.29 is 26.7 Å². The maximum absolute atomic E-state index is 13.0. The maximum Gasteiger partial charge on any atom is 0.418 e. The number of pyridine rings is 1. The second-order valence-electron chi connectivity index (χ2n) is 9.03. The number of fused-ring (bicyclic) bond motifs is 1. The van der Waals surface area contributed by atoms with E-state index in [4.69, 9.17) is 0 Å². The van der Waals surface area contributed by atoms with Crippen LogP contribution in [0.5, 0.6) is 0 Å². The Morgan fingerprint density at radius 2 is 1.49 bits per heavy atom. The second-order valence-corrected chi connectivity index (χ2v) is 11.6. The molecule has 35 heavy (non-hydrogen) atoms. The fourth-order valence-corrected chi connectivity index (χ4v) is 4.46. The van der Waals surface area contributed by atoms with Gasteiger partial charge in [0, 0.05) is 23.4 Å². The number of nitrogens with zero attached hydrogens (tertiary/aromatic N) is 1. The minimum absolute atomic E-state index is 0.246. The van der Waals surface area contributed by atoms with Crippen molar-refractivity contribution in [2.45, 2.75) is 30.9 Å². The van der Waals surface area contributed by atoms with Gasteiger partial charge in [0.05, 0.1) is 10.3 Å². The monoisotopic (exact) mass is 499 g/mol. The van der Waals surface area contributed by atoms with E-state index < -0.39 is 26.9 Å². The van der Waals surface area contributed by atoms with E-state index in [0.29, 0.717) is 27.8 Å². The zero-order valence-electron chi connectivity index (χ0n) is 19.3. The first-order valence-electron chi connectivity index (χ1n) is 10.8. The molecule has 0 aliphatic heterocycles. The molecule has 0 aliphatic carbocycles. The maximum atomic E-state index is 13.0. The summed E-state index contributed by atoms with van der Waals surface area (Å²) in [5.41, 5.74) is 3.65. The summed E-state index contributed by atoms with van der Waals surface area (Å²) >= 11 is 0. The van der Waals surface area contributed by atoms with Crippen LogP contribution in [0.15, 0.2) is 79.0 Å². The van der Waals surface area contributed by atoms with Crippen LogP contribution in [0.3, 0.4) is 0 Å². The van der Waals surface area contributed by atoms with Crippen molar-refractivity contribution in [3.05, 3.63) is 90.1 Å². The molecule has 1 aromatic heterocycles. The number of benzene rings is 3. The van der Waals surface area contributed by atoms with Crippen LogP contribution in [-0.2, 0) is 14.6 Å². The molecule has 8 heteroatoms. The van der Waals surface area contributed by atoms with Crippen molar-refractivity contribution in [2.75, 3.05) is 6.26 Å². The lowest BCUT2D eigenvalue weighted by Gasteiger charge is -2.24. The molecule has 0 spiro atoms. The summed E-state index contributed by atoms with van der Waals surface area (Å²) in [6.45, 7) is 3.30. The van der Waals surface area contributed by atoms with Crippen LogP contribution in [0.1, 0.15) is 31.1 Å². The van der Waals surface area contributed by atoms with Gasteiger partial charge in [-0.2, -0.15) is 13.2 Å². The molecule has 1 heterocycles. The Morgan fingerprint density at radius 1 is 0.857 bits per heavy atom. The standard InChI is InChI=1S/C27H24F3NO3S/c1-26(2,35(3,33)34)22-15-20-11-6-12-31-24(20)23(16-22)19-9-4-7-17(13-19)18-8-5-10-21(14-18)25(32)27(28,29)30/h4-16,25,32H,1-3H3. The smallest absolute Gasteiger partial charge is 0.379 e. The van der Waals surface area contributed by atoms with E-state index in [1.165, 1.54) is 24.5 Å². The molecule has 0 amide bonds. The Bertz CT molecular complexity index is 1510. The quantitative estimate of drug-likeness (QED) is 0.343. The van der Waals surface area contributed by atoms with Crippen molar-refractivity contribution in [1.82, 2.24) is 4.98 Å². The molecule has 4 aromatic rings. The first-order chi connectivity index (χ1) is 16.3. The molecule has 1 N–H and O–H groups in total. The van der Waals surface area contributed by atoms with Crippen LogP contribution in [-0.4, -0.2) is 30.9 Å². The van der Waals surface area contributed by atoms with Gasteiger partial charge in [0.25, 0.3) is 0 Å². The number of aliphatic hydroxyl groups is 1. The largest absolute Gasteiger partial charge is 0.418 e. The number of hydrogen-bond acceptors (Lipinski definition) is 4. The number of aliphatic hydroxyl groups excluding tert-OH is 1. The van der Waals surface area contributed by atoms with Crippen molar-refractivity contribution in [3.8, 4) is 22.3 Å². The van der Waals surface area contributed by atoms with Crippen molar-refractivity contribution in [3.63, 3.8) is 0 Å². The Morgan fingerprint density at radius 3 is 2.14 bits per heavy atom. The zero-order valence-corrected chi connectivity index (χ0v) is 20.2. The van der Waals surface area contributed by atoms with Gasteiger partial charge in [-0.3, -0.25) is 4.98 Å². The summed E-state index contributed by atoms with van der Waals surface area (Å²) in [5, 5.41) is 10.4. The van der Waals surface area contributed by atoms with Crippen LogP contribution < -0.4 is 0 Å². The van der Waals surface area contributed by atoms with E-state index in [-0.39, 0.29) is 5.56 Å². The van der Waals surface area contributed by atoms with Crippen molar-refractivity contribution >= 4 is 20.7 Å². The van der Waals surface area contributed by atoms with E-state index in [1.807, 2.05) is 24.3 Å². The van der Waals surface area contributed by atoms with Gasteiger partial charge in [0.2, 0.25) is 0 Å². The van der Waals surface area contributed by atoms with Crippen molar-refractivity contribution in [1.29, 1.82) is 0 Å². The number of sulfone groups is 1. The predicted octanol–water partition coefficient (Wildman–Crippen LogP) is 6.44. The minimum Gasteiger partial charge on any atom is -0.379 e. The molecule has 1 atom stereocenters. The number of alkyl halides is 3. The minimum atomic E-state index is -4.77. The fourth-order valence-electron chi connectivity index (χ4n) is 3.92. The molecule has 0 saturated carbocycles. The van der Waals surface area contributed by atoms with Gasteiger partial charge in [-0.1, -0.05) is 42.5 Å². The Kier molecular flexibility index (Phi) is 6.23. The lowest BCUT2D eigenvalue weighted by molar-refractivity contribution is -0.206. The van der Waals surface area contributed by atoms with Crippen LogP contribution in [0, 0.1) is 0 Å². The third kappa shape index (κ3) is 4.81. The molecule has 0 radical (unpaired) electrons. The van der Waals surface area contributed by atoms with E-state index in [1.54, 1.807) is 50.4 Å². The number of rotatable bonds is 5. The third-order valence-electron chi connectivity index (χ3n) is 6.35. The number of hydrogen-bond donors (Lipinski definition) is 1. The molecule has 182 valence electrons.